The number of thiophene rings is 2. The average Bonchev–Trinajstić information content (AvgIpc) is 3.17. The Labute approximate surface area is 143 Å². The van der Waals surface area contributed by atoms with Gasteiger partial charge < -0.3 is 16.0 Å². The van der Waals surface area contributed by atoms with Crippen LogP contribution in [0.3, 0.4) is 0 Å². The van der Waals surface area contributed by atoms with Crippen molar-refractivity contribution in [1.82, 2.24) is 10.2 Å². The van der Waals surface area contributed by atoms with Crippen molar-refractivity contribution in [3.05, 3.63) is 44.8 Å². The molecule has 120 valence electrons. The molecule has 22 heavy (non-hydrogen) atoms. The number of nitrogens with zero attached hydrogens (tertiary/aromatic N) is 1. The summed E-state index contributed by atoms with van der Waals surface area (Å²) in [4.78, 5) is 27.4. The van der Waals surface area contributed by atoms with Crippen molar-refractivity contribution in [2.45, 2.75) is 13.1 Å². The number of rotatable bonds is 7. The number of nitrogens with two attached hydrogens (primary N) is 1. The first-order valence-electron chi connectivity index (χ1n) is 6.48. The molecule has 0 radical (unpaired) electrons. The summed E-state index contributed by atoms with van der Waals surface area (Å²) in [5, 5.41) is 6.49. The number of hydrogen-bond donors (Lipinski definition) is 2. The largest absolute Gasteiger partial charge is 0.346 e. The molecule has 2 aromatic rings. The third-order valence-electron chi connectivity index (χ3n) is 2.83. The normalized spacial score (nSPS) is 9.86. The van der Waals surface area contributed by atoms with E-state index in [1.807, 2.05) is 35.0 Å². The summed E-state index contributed by atoms with van der Waals surface area (Å²) in [6.45, 7) is 0.968. The summed E-state index contributed by atoms with van der Waals surface area (Å²) in [6, 6.07) is 7.92. The van der Waals surface area contributed by atoms with Gasteiger partial charge in [-0.05, 0) is 22.9 Å². The summed E-state index contributed by atoms with van der Waals surface area (Å²) in [7, 11) is 0. The van der Waals surface area contributed by atoms with Gasteiger partial charge >= 0.3 is 0 Å². The fraction of sp³-hybridized carbons (Fsp3) is 0.286. The Morgan fingerprint density at radius 3 is 2.05 bits per heavy atom. The average molecular weight is 360 g/mol. The Morgan fingerprint density at radius 2 is 1.64 bits per heavy atom. The Morgan fingerprint density at radius 1 is 1.09 bits per heavy atom. The van der Waals surface area contributed by atoms with E-state index < -0.39 is 0 Å². The van der Waals surface area contributed by atoms with Crippen LogP contribution in [0.4, 0.5) is 0 Å². The maximum absolute atomic E-state index is 12.3. The van der Waals surface area contributed by atoms with Crippen LogP contribution < -0.4 is 11.1 Å². The second-order valence-electron chi connectivity index (χ2n) is 4.39. The summed E-state index contributed by atoms with van der Waals surface area (Å²) in [6.07, 6.45) is 0. The van der Waals surface area contributed by atoms with Crippen LogP contribution in [-0.4, -0.2) is 29.8 Å². The molecule has 2 aromatic heterocycles. The summed E-state index contributed by atoms with van der Waals surface area (Å²) >= 11 is 3.22. The molecule has 0 aliphatic heterocycles. The number of hydrogen-bond acceptors (Lipinski definition) is 5. The first-order chi connectivity index (χ1) is 10.2. The fourth-order valence-electron chi connectivity index (χ4n) is 1.77. The minimum Gasteiger partial charge on any atom is -0.346 e. The molecule has 2 heterocycles. The zero-order chi connectivity index (χ0) is 15.1. The van der Waals surface area contributed by atoms with Crippen molar-refractivity contribution < 1.29 is 9.59 Å². The standard InChI is InChI=1S/C14H17N3O2S2.ClH/c15-7-13(18)16-8-14(19)17(9-11-3-1-5-20-11)10-12-4-2-6-21-12;/h1-6H,7-10,15H2,(H,16,18);1H. The number of amides is 2. The number of carbonyl (C=O) groups excluding carboxylic acids is 2. The van der Waals surface area contributed by atoms with Crippen LogP contribution >= 0.6 is 35.1 Å². The van der Waals surface area contributed by atoms with Crippen molar-refractivity contribution in [1.29, 1.82) is 0 Å². The van der Waals surface area contributed by atoms with E-state index in [9.17, 15) is 9.59 Å². The fourth-order valence-corrected chi connectivity index (χ4v) is 3.21. The van der Waals surface area contributed by atoms with Gasteiger partial charge in [0.25, 0.3) is 0 Å². The van der Waals surface area contributed by atoms with Crippen LogP contribution in [0.15, 0.2) is 35.0 Å². The lowest BCUT2D eigenvalue weighted by Gasteiger charge is -2.21. The molecular formula is C14H18ClN3O2S2. The summed E-state index contributed by atoms with van der Waals surface area (Å²) in [5.74, 6) is -0.436. The third kappa shape index (κ3) is 5.76. The van der Waals surface area contributed by atoms with E-state index >= 15 is 0 Å². The van der Waals surface area contributed by atoms with Crippen LogP contribution in [0.2, 0.25) is 0 Å². The van der Waals surface area contributed by atoms with Crippen molar-refractivity contribution in [3.63, 3.8) is 0 Å². The van der Waals surface area contributed by atoms with Crippen molar-refractivity contribution >= 4 is 46.9 Å². The van der Waals surface area contributed by atoms with Crippen LogP contribution in [0.25, 0.3) is 0 Å². The summed E-state index contributed by atoms with van der Waals surface area (Å²) < 4.78 is 0. The highest BCUT2D eigenvalue weighted by molar-refractivity contribution is 7.10. The summed E-state index contributed by atoms with van der Waals surface area (Å²) in [5.41, 5.74) is 5.22. The molecule has 2 amide bonds. The Balaban J connectivity index is 0.00000242. The molecule has 0 saturated carbocycles. The Kier molecular flexibility index (Phi) is 8.11. The lowest BCUT2D eigenvalue weighted by molar-refractivity contribution is -0.133. The molecule has 0 aromatic carbocycles. The Hall–Kier alpha value is -1.41. The lowest BCUT2D eigenvalue weighted by atomic mass is 10.3. The van der Waals surface area contributed by atoms with Crippen molar-refractivity contribution in [2.75, 3.05) is 13.1 Å². The lowest BCUT2D eigenvalue weighted by Crippen LogP contribution is -2.41. The van der Waals surface area contributed by atoms with E-state index in [-0.39, 0.29) is 37.3 Å². The topological polar surface area (TPSA) is 75.4 Å². The minimum atomic E-state index is -0.324. The van der Waals surface area contributed by atoms with Crippen LogP contribution in [-0.2, 0) is 22.7 Å². The second-order valence-corrected chi connectivity index (χ2v) is 6.45. The van der Waals surface area contributed by atoms with E-state index in [1.54, 1.807) is 27.6 Å². The van der Waals surface area contributed by atoms with Crippen LogP contribution in [0.1, 0.15) is 9.75 Å². The zero-order valence-corrected chi connectivity index (χ0v) is 14.3. The molecular weight excluding hydrogens is 342 g/mol. The maximum atomic E-state index is 12.3. The van der Waals surface area contributed by atoms with Crippen molar-refractivity contribution in [3.8, 4) is 0 Å². The van der Waals surface area contributed by atoms with Gasteiger partial charge in [-0.3, -0.25) is 9.59 Å². The number of carbonyl (C=O) groups is 2. The van der Waals surface area contributed by atoms with Gasteiger partial charge in [0.15, 0.2) is 0 Å². The number of nitrogens with one attached hydrogen (secondary N) is 1. The van der Waals surface area contributed by atoms with Gasteiger partial charge in [-0.15, -0.1) is 35.1 Å². The third-order valence-corrected chi connectivity index (χ3v) is 4.55. The molecule has 0 bridgehead atoms. The van der Waals surface area contributed by atoms with Gasteiger partial charge in [0.2, 0.25) is 11.8 Å². The molecule has 0 spiro atoms. The highest BCUT2D eigenvalue weighted by Gasteiger charge is 2.16. The molecule has 5 nitrogen and oxygen atoms in total. The van der Waals surface area contributed by atoms with Gasteiger partial charge in [0.1, 0.15) is 0 Å². The van der Waals surface area contributed by atoms with Gasteiger partial charge in [0, 0.05) is 9.75 Å². The van der Waals surface area contributed by atoms with Gasteiger partial charge in [0.05, 0.1) is 26.2 Å². The molecule has 0 saturated heterocycles. The van der Waals surface area contributed by atoms with Crippen LogP contribution in [0, 0.1) is 0 Å². The van der Waals surface area contributed by atoms with E-state index in [4.69, 9.17) is 5.73 Å². The first-order valence-corrected chi connectivity index (χ1v) is 8.24. The smallest absolute Gasteiger partial charge is 0.242 e. The predicted octanol–water partition coefficient (Wildman–Crippen LogP) is 1.84. The second kappa shape index (κ2) is 9.58. The monoisotopic (exact) mass is 359 g/mol. The minimum absolute atomic E-state index is 0. The van der Waals surface area contributed by atoms with Gasteiger partial charge in [-0.25, -0.2) is 0 Å². The van der Waals surface area contributed by atoms with Crippen molar-refractivity contribution in [2.24, 2.45) is 5.73 Å². The maximum Gasteiger partial charge on any atom is 0.242 e. The highest BCUT2D eigenvalue weighted by atomic mass is 35.5. The predicted molar refractivity (Wildman–Crippen MR) is 92.2 cm³/mol. The van der Waals surface area contributed by atoms with E-state index in [0.29, 0.717) is 13.1 Å². The molecule has 2 rings (SSSR count). The quantitative estimate of drug-likeness (QED) is 0.792. The van der Waals surface area contributed by atoms with E-state index in [1.165, 1.54) is 0 Å². The van der Waals surface area contributed by atoms with E-state index in [0.717, 1.165) is 9.75 Å². The molecule has 0 aliphatic carbocycles. The zero-order valence-electron chi connectivity index (χ0n) is 11.9. The molecule has 0 aliphatic rings. The van der Waals surface area contributed by atoms with Gasteiger partial charge in [-0.2, -0.15) is 0 Å². The first kappa shape index (κ1) is 18.6. The molecule has 3 N–H and O–H groups in total. The molecule has 8 heteroatoms. The SMILES string of the molecule is Cl.NCC(=O)NCC(=O)N(Cc1cccs1)Cc1cccs1. The molecule has 0 atom stereocenters. The highest BCUT2D eigenvalue weighted by Crippen LogP contribution is 2.17. The molecule has 0 fully saturated rings. The van der Waals surface area contributed by atoms with Gasteiger partial charge in [-0.1, -0.05) is 12.1 Å². The Bertz CT molecular complexity index is 537. The van der Waals surface area contributed by atoms with E-state index in [2.05, 4.69) is 5.32 Å². The molecule has 0 unspecified atom stereocenters. The van der Waals surface area contributed by atoms with Crippen LogP contribution in [0.5, 0.6) is 0 Å². The number of halogens is 1.